The van der Waals surface area contributed by atoms with Crippen LogP contribution in [-0.4, -0.2) is 58.3 Å². The molecule has 2 aliphatic heterocycles. The number of aromatic nitrogens is 2. The van der Waals surface area contributed by atoms with E-state index in [1.54, 1.807) is 40.7 Å². The Morgan fingerprint density at radius 1 is 0.902 bits per heavy atom. The number of aliphatic imine (C=N–C) groups is 1. The summed E-state index contributed by atoms with van der Waals surface area (Å²) in [4.78, 5) is 4.95. The van der Waals surface area contributed by atoms with E-state index in [0.29, 0.717) is 48.8 Å². The van der Waals surface area contributed by atoms with Crippen LogP contribution in [0.25, 0.3) is 5.69 Å². The van der Waals surface area contributed by atoms with Crippen molar-refractivity contribution in [3.8, 4) is 5.69 Å². The predicted molar refractivity (Wildman–Crippen MR) is 151 cm³/mol. The highest BCUT2D eigenvalue weighted by atomic mass is 31.2. The van der Waals surface area contributed by atoms with E-state index in [0.717, 1.165) is 6.07 Å². The van der Waals surface area contributed by atoms with E-state index in [1.165, 1.54) is 18.2 Å². The summed E-state index contributed by atoms with van der Waals surface area (Å²) < 4.78 is 74.4. The van der Waals surface area contributed by atoms with Crippen molar-refractivity contribution in [2.75, 3.05) is 33.4 Å². The third-order valence-corrected chi connectivity index (χ3v) is 11.0. The molecule has 3 aromatic carbocycles. The third-order valence-electron chi connectivity index (χ3n) is 7.20. The molecule has 0 bridgehead atoms. The summed E-state index contributed by atoms with van der Waals surface area (Å²) in [7, 11) is -1.58. The van der Waals surface area contributed by atoms with Crippen LogP contribution in [0.5, 0.6) is 0 Å². The molecule has 7 nitrogen and oxygen atoms in total. The topological polar surface area (TPSA) is 58.3 Å². The normalized spacial score (nSPS) is 19.6. The summed E-state index contributed by atoms with van der Waals surface area (Å²) in [6.07, 6.45) is -4.63. The number of rotatable bonds is 4. The van der Waals surface area contributed by atoms with Crippen LogP contribution in [0.15, 0.2) is 88.6 Å². The van der Waals surface area contributed by atoms with Gasteiger partial charge in [0.25, 0.3) is 0 Å². The smallest absolute Gasteiger partial charge is 0.379 e. The number of halogens is 4. The van der Waals surface area contributed by atoms with Crippen LogP contribution < -0.4 is 5.30 Å². The van der Waals surface area contributed by atoms with Crippen molar-refractivity contribution in [1.29, 1.82) is 0 Å². The molecule has 1 fully saturated rings. The van der Waals surface area contributed by atoms with E-state index < -0.39 is 24.9 Å². The number of morpholine rings is 1. The van der Waals surface area contributed by atoms with E-state index in [4.69, 9.17) is 19.6 Å². The van der Waals surface area contributed by atoms with Gasteiger partial charge in [-0.1, -0.05) is 42.5 Å². The minimum Gasteiger partial charge on any atom is -0.379 e. The van der Waals surface area contributed by atoms with Gasteiger partial charge in [0.2, 0.25) is 0 Å². The van der Waals surface area contributed by atoms with Gasteiger partial charge < -0.3 is 9.41 Å². The maximum Gasteiger partial charge on any atom is 0.418 e. The van der Waals surface area contributed by atoms with Gasteiger partial charge in [-0.05, 0) is 43.3 Å². The molecule has 0 spiro atoms. The zero-order valence-corrected chi connectivity index (χ0v) is 23.3. The van der Waals surface area contributed by atoms with Gasteiger partial charge in [0.1, 0.15) is 11.7 Å². The van der Waals surface area contributed by atoms with Gasteiger partial charge in [0.15, 0.2) is 13.2 Å². The molecule has 1 atom stereocenters. The molecule has 4 aromatic rings. The number of benzene rings is 3. The van der Waals surface area contributed by atoms with Gasteiger partial charge in [-0.25, -0.2) is 23.5 Å². The van der Waals surface area contributed by atoms with E-state index >= 15 is 4.39 Å². The van der Waals surface area contributed by atoms with Gasteiger partial charge >= 0.3 is 6.18 Å². The quantitative estimate of drug-likeness (QED) is 0.199. The van der Waals surface area contributed by atoms with Gasteiger partial charge in [-0.15, -0.1) is 0 Å². The number of amidine groups is 1. The summed E-state index contributed by atoms with van der Waals surface area (Å²) in [5.74, 6) is 0.179. The molecular formula is C29H27F4N6OP. The molecule has 0 aliphatic carbocycles. The fourth-order valence-corrected chi connectivity index (χ4v) is 9.16. The highest BCUT2D eigenvalue weighted by Crippen LogP contribution is 2.62. The number of aryl methyl sites for hydroxylation is 1. The zero-order chi connectivity index (χ0) is 28.8. The second-order valence-corrected chi connectivity index (χ2v) is 12.6. The number of fused-ring (bicyclic) bond motifs is 1. The molecule has 41 heavy (non-hydrogen) atoms. The number of nitrogens with zero attached hydrogens (tertiary/aromatic N) is 6. The number of alkyl halides is 3. The number of para-hydroxylation sites is 1. The molecule has 1 saturated heterocycles. The van der Waals surface area contributed by atoms with Gasteiger partial charge in [0, 0.05) is 20.1 Å². The van der Waals surface area contributed by atoms with Crippen molar-refractivity contribution in [2.45, 2.75) is 13.1 Å². The van der Waals surface area contributed by atoms with Crippen LogP contribution in [0.4, 0.5) is 29.1 Å². The highest BCUT2D eigenvalue weighted by molar-refractivity contribution is 7.70. The van der Waals surface area contributed by atoms with Crippen molar-refractivity contribution in [3.05, 3.63) is 102 Å². The van der Waals surface area contributed by atoms with Crippen molar-refractivity contribution >= 4 is 30.0 Å². The Kier molecular flexibility index (Phi) is 7.05. The van der Waals surface area contributed by atoms with Crippen LogP contribution in [0.3, 0.4) is 0 Å². The second-order valence-electron chi connectivity index (χ2n) is 9.69. The first-order valence-electron chi connectivity index (χ1n) is 13.1. The summed E-state index contributed by atoms with van der Waals surface area (Å²) in [5.41, 5.74) is 0.481. The third kappa shape index (κ3) is 4.67. The lowest BCUT2D eigenvalue weighted by Gasteiger charge is -2.46. The van der Waals surface area contributed by atoms with Gasteiger partial charge in [-0.3, -0.25) is 0 Å². The molecule has 0 unspecified atom stereocenters. The largest absolute Gasteiger partial charge is 0.418 e. The average Bonchev–Trinajstić information content (AvgIpc) is 3.31. The zero-order valence-electron chi connectivity index (χ0n) is 22.4. The van der Waals surface area contributed by atoms with Crippen LogP contribution in [-0.2, 0) is 10.9 Å². The lowest BCUT2D eigenvalue weighted by atomic mass is 10.2. The maximum absolute atomic E-state index is 15.4. The molecule has 2 aliphatic rings. The predicted octanol–water partition coefficient (Wildman–Crippen LogP) is 6.68. The van der Waals surface area contributed by atoms with Crippen molar-refractivity contribution in [3.63, 3.8) is 0 Å². The van der Waals surface area contributed by atoms with Crippen LogP contribution in [0.2, 0.25) is 0 Å². The maximum atomic E-state index is 15.4. The fraction of sp³-hybridized carbons (Fsp3) is 0.241. The molecule has 0 radical (unpaired) electrons. The van der Waals surface area contributed by atoms with Crippen LogP contribution in [0.1, 0.15) is 16.8 Å². The first kappa shape index (κ1) is 27.4. The Labute approximate surface area is 234 Å². The van der Waals surface area contributed by atoms with E-state index in [1.807, 2.05) is 37.3 Å². The molecule has 12 heteroatoms. The standard InChI is InChI=1S/C29H27F4N6OP/c1-20-26-28(39(35-20)21-10-4-3-5-11-21)34-27(22-12-6-8-14-24(22)30)37(2)41(26,38-16-18-40-19-17-38)36-25-15-9-7-13-23(25)29(31,32)33/h3-15H,16-19H2,1-2H3/t41-/m1/s1. The van der Waals surface area contributed by atoms with Gasteiger partial charge in [-0.2, -0.15) is 18.3 Å². The number of ether oxygens (including phenoxy) is 1. The van der Waals surface area contributed by atoms with Crippen LogP contribution in [0, 0.1) is 12.7 Å². The van der Waals surface area contributed by atoms with Crippen molar-refractivity contribution in [2.24, 2.45) is 9.74 Å². The van der Waals surface area contributed by atoms with E-state index in [2.05, 4.69) is 4.67 Å². The Hall–Kier alpha value is -3.79. The Morgan fingerprint density at radius 3 is 2.27 bits per heavy atom. The summed E-state index contributed by atoms with van der Waals surface area (Å²) in [5, 5.41) is 5.45. The SMILES string of the molecule is Cc1nn(-c2ccccc2)c2c1[P@](=Nc1ccccc1C(F)(F)F)(N1CCOCC1)N(C)C(c1ccccc1F)=N2. The summed E-state index contributed by atoms with van der Waals surface area (Å²) in [6.45, 7) is 3.39. The fourth-order valence-electron chi connectivity index (χ4n) is 5.33. The van der Waals surface area contributed by atoms with E-state index in [-0.39, 0.29) is 17.1 Å². The highest BCUT2D eigenvalue weighted by Gasteiger charge is 2.46. The lowest BCUT2D eigenvalue weighted by molar-refractivity contribution is -0.137. The first-order chi connectivity index (χ1) is 19.7. The Morgan fingerprint density at radius 2 is 1.56 bits per heavy atom. The molecule has 0 N–H and O–H groups in total. The summed E-state index contributed by atoms with van der Waals surface area (Å²) >= 11 is 0. The molecule has 0 saturated carbocycles. The molecule has 6 rings (SSSR count). The lowest BCUT2D eigenvalue weighted by Crippen LogP contribution is -2.45. The molecule has 212 valence electrons. The van der Waals surface area contributed by atoms with Crippen LogP contribution >= 0.6 is 7.36 Å². The van der Waals surface area contributed by atoms with Gasteiger partial charge in [0.05, 0.1) is 46.7 Å². The Bertz CT molecular complexity index is 1680. The van der Waals surface area contributed by atoms with E-state index in [9.17, 15) is 13.2 Å². The van der Waals surface area contributed by atoms with Crippen molar-refractivity contribution < 1.29 is 22.3 Å². The summed E-state index contributed by atoms with van der Waals surface area (Å²) in [6, 6.07) is 20.9. The first-order valence-corrected chi connectivity index (χ1v) is 14.7. The molecule has 3 heterocycles. The number of hydrogen-bond acceptors (Lipinski definition) is 4. The second kappa shape index (κ2) is 10.6. The van der Waals surface area contributed by atoms with Crippen molar-refractivity contribution in [1.82, 2.24) is 19.1 Å². The molecule has 0 amide bonds. The molecule has 1 aromatic heterocycles. The molecular weight excluding hydrogens is 555 g/mol. The average molecular weight is 583 g/mol. The minimum absolute atomic E-state index is 0.195. The number of hydrogen-bond donors (Lipinski definition) is 0. The minimum atomic E-state index is -4.63. The monoisotopic (exact) mass is 582 g/mol. The Balaban J connectivity index is 1.75.